The van der Waals surface area contributed by atoms with E-state index in [2.05, 4.69) is 132 Å². The maximum atomic E-state index is 6.63. The third kappa shape index (κ3) is 5.37. The van der Waals surface area contributed by atoms with E-state index in [1.54, 1.807) is 0 Å². The topological polar surface area (TPSA) is 56.7 Å². The number of nitrogens with zero attached hydrogens (tertiary/aromatic N) is 4. The monoisotopic (exact) mass is 716 g/mol. The average Bonchev–Trinajstić information content (AvgIpc) is 3.81. The van der Waals surface area contributed by atoms with E-state index in [4.69, 9.17) is 19.4 Å². The Kier molecular flexibility index (Phi) is 7.42. The first-order chi connectivity index (χ1) is 27.7. The quantitative estimate of drug-likeness (QED) is 0.172. The van der Waals surface area contributed by atoms with Crippen molar-refractivity contribution in [2.75, 3.05) is 0 Å². The number of fused-ring (bicyclic) bond motifs is 6. The van der Waals surface area contributed by atoms with Gasteiger partial charge in [0.05, 0.1) is 11.0 Å². The minimum absolute atomic E-state index is 0.596. The third-order valence-electron chi connectivity index (χ3n) is 10.7. The van der Waals surface area contributed by atoms with Crippen LogP contribution in [0.5, 0.6) is 0 Å². The van der Waals surface area contributed by atoms with Gasteiger partial charge in [-0.25, -0.2) is 15.0 Å². The van der Waals surface area contributed by atoms with Gasteiger partial charge >= 0.3 is 0 Å². The molecule has 56 heavy (non-hydrogen) atoms. The van der Waals surface area contributed by atoms with Crippen LogP contribution in [0.4, 0.5) is 0 Å². The number of hydrogen-bond acceptors (Lipinski definition) is 4. The Morgan fingerprint density at radius 3 is 1.43 bits per heavy atom. The molecule has 3 heterocycles. The van der Waals surface area contributed by atoms with E-state index in [1.165, 1.54) is 32.9 Å². The molecule has 0 N–H and O–H groups in total. The standard InChI is InChI=1S/C51H32N4O/c1-4-14-33(15-5-1)49-52-50(34-16-6-2-7-17-34)54-51(53-49)37-25-28-43-42-27-24-36(31-47(42)56-48(43)32-37)40-21-11-10-20-39(40)35-26-29-46-44(30-35)41-22-12-13-23-45(41)55(46)38-18-8-3-9-19-38/h1-32H. The van der Waals surface area contributed by atoms with Crippen molar-refractivity contribution in [3.8, 4) is 62.1 Å². The predicted molar refractivity (Wildman–Crippen MR) is 229 cm³/mol. The first-order valence-corrected chi connectivity index (χ1v) is 18.8. The number of rotatable bonds is 6. The summed E-state index contributed by atoms with van der Waals surface area (Å²) in [5.41, 5.74) is 12.5. The average molecular weight is 717 g/mol. The van der Waals surface area contributed by atoms with E-state index in [9.17, 15) is 0 Å². The molecule has 0 saturated heterocycles. The van der Waals surface area contributed by atoms with Gasteiger partial charge in [0.25, 0.3) is 0 Å². The number of para-hydroxylation sites is 2. The molecule has 0 radical (unpaired) electrons. The van der Waals surface area contributed by atoms with E-state index in [-0.39, 0.29) is 0 Å². The molecule has 0 saturated carbocycles. The smallest absolute Gasteiger partial charge is 0.164 e. The molecule has 5 heteroatoms. The SMILES string of the molecule is c1ccc(-c2nc(-c3ccccc3)nc(-c3ccc4c(c3)oc3cc(-c5ccccc5-c5ccc6c(c5)c5ccccc5n6-c5ccccc5)ccc34)n2)cc1. The minimum Gasteiger partial charge on any atom is -0.456 e. The zero-order chi connectivity index (χ0) is 37.0. The molecule has 0 spiro atoms. The third-order valence-corrected chi connectivity index (χ3v) is 10.7. The van der Waals surface area contributed by atoms with Crippen LogP contribution in [0.3, 0.4) is 0 Å². The van der Waals surface area contributed by atoms with Crippen LogP contribution in [-0.2, 0) is 0 Å². The summed E-state index contributed by atoms with van der Waals surface area (Å²) in [5.74, 6) is 1.85. The van der Waals surface area contributed by atoms with Crippen LogP contribution in [0.1, 0.15) is 0 Å². The summed E-state index contributed by atoms with van der Waals surface area (Å²) in [6, 6.07) is 67.6. The molecule has 5 nitrogen and oxygen atoms in total. The lowest BCUT2D eigenvalue weighted by molar-refractivity contribution is 0.669. The first kappa shape index (κ1) is 31.9. The Hall–Kier alpha value is -7.63. The highest BCUT2D eigenvalue weighted by Crippen LogP contribution is 2.40. The van der Waals surface area contributed by atoms with Crippen molar-refractivity contribution in [2.24, 2.45) is 0 Å². The highest BCUT2D eigenvalue weighted by atomic mass is 16.3. The zero-order valence-electron chi connectivity index (χ0n) is 30.2. The summed E-state index contributed by atoms with van der Waals surface area (Å²) in [4.78, 5) is 14.7. The highest BCUT2D eigenvalue weighted by molar-refractivity contribution is 6.11. The lowest BCUT2D eigenvalue weighted by Gasteiger charge is -2.11. The van der Waals surface area contributed by atoms with Crippen molar-refractivity contribution in [3.63, 3.8) is 0 Å². The van der Waals surface area contributed by atoms with Crippen LogP contribution in [-0.4, -0.2) is 19.5 Å². The molecule has 0 amide bonds. The fourth-order valence-corrected chi connectivity index (χ4v) is 8.00. The number of benzene rings is 8. The van der Waals surface area contributed by atoms with Gasteiger partial charge < -0.3 is 8.98 Å². The summed E-state index contributed by atoms with van der Waals surface area (Å²) in [6.07, 6.45) is 0. The minimum atomic E-state index is 0.596. The number of hydrogen-bond donors (Lipinski definition) is 0. The fourth-order valence-electron chi connectivity index (χ4n) is 8.00. The van der Waals surface area contributed by atoms with Gasteiger partial charge in [-0.2, -0.15) is 0 Å². The molecule has 0 aliphatic heterocycles. The van der Waals surface area contributed by atoms with Gasteiger partial charge in [0, 0.05) is 43.9 Å². The van der Waals surface area contributed by atoms with Gasteiger partial charge in [-0.3, -0.25) is 0 Å². The summed E-state index contributed by atoms with van der Waals surface area (Å²) >= 11 is 0. The van der Waals surface area contributed by atoms with Gasteiger partial charge in [-0.05, 0) is 76.9 Å². The highest BCUT2D eigenvalue weighted by Gasteiger charge is 2.17. The molecule has 0 bridgehead atoms. The van der Waals surface area contributed by atoms with Crippen LogP contribution in [0.15, 0.2) is 199 Å². The van der Waals surface area contributed by atoms with Crippen molar-refractivity contribution >= 4 is 43.7 Å². The van der Waals surface area contributed by atoms with E-state index < -0.39 is 0 Å². The molecule has 0 fully saturated rings. The number of aromatic nitrogens is 4. The second-order valence-electron chi connectivity index (χ2n) is 14.0. The molecule has 0 atom stereocenters. The van der Waals surface area contributed by atoms with E-state index in [0.717, 1.165) is 55.4 Å². The Labute approximate surface area is 322 Å². The van der Waals surface area contributed by atoms with Crippen molar-refractivity contribution in [2.45, 2.75) is 0 Å². The molecule has 0 unspecified atom stereocenters. The molecule has 11 aromatic rings. The van der Waals surface area contributed by atoms with Gasteiger partial charge in [-0.1, -0.05) is 140 Å². The Morgan fingerprint density at radius 1 is 0.321 bits per heavy atom. The lowest BCUT2D eigenvalue weighted by Crippen LogP contribution is -2.00. The fraction of sp³-hybridized carbons (Fsp3) is 0. The molecule has 8 aromatic carbocycles. The van der Waals surface area contributed by atoms with Crippen molar-refractivity contribution < 1.29 is 4.42 Å². The Morgan fingerprint density at radius 2 is 0.786 bits per heavy atom. The predicted octanol–water partition coefficient (Wildman–Crippen LogP) is 13.2. The maximum absolute atomic E-state index is 6.63. The first-order valence-electron chi connectivity index (χ1n) is 18.8. The largest absolute Gasteiger partial charge is 0.456 e. The normalized spacial score (nSPS) is 11.6. The summed E-state index contributed by atoms with van der Waals surface area (Å²) < 4.78 is 8.98. The van der Waals surface area contributed by atoms with Crippen molar-refractivity contribution in [1.82, 2.24) is 19.5 Å². The second-order valence-corrected chi connectivity index (χ2v) is 14.0. The van der Waals surface area contributed by atoms with Gasteiger partial charge in [0.1, 0.15) is 11.2 Å². The van der Waals surface area contributed by atoms with E-state index >= 15 is 0 Å². The van der Waals surface area contributed by atoms with Crippen LogP contribution in [0, 0.1) is 0 Å². The Bertz CT molecular complexity index is 3180. The molecule has 0 aliphatic carbocycles. The molecule has 0 aliphatic rings. The van der Waals surface area contributed by atoms with Crippen LogP contribution >= 0.6 is 0 Å². The molecule has 11 rings (SSSR count). The van der Waals surface area contributed by atoms with E-state index in [0.29, 0.717) is 17.5 Å². The number of furan rings is 1. The summed E-state index contributed by atoms with van der Waals surface area (Å²) in [5, 5.41) is 4.57. The second kappa shape index (κ2) is 13.0. The van der Waals surface area contributed by atoms with Gasteiger partial charge in [-0.15, -0.1) is 0 Å². The Balaban J connectivity index is 1.00. The molecular weight excluding hydrogens is 685 g/mol. The molecule has 3 aromatic heterocycles. The van der Waals surface area contributed by atoms with Crippen LogP contribution in [0.2, 0.25) is 0 Å². The van der Waals surface area contributed by atoms with Crippen LogP contribution in [0.25, 0.3) is 106 Å². The molecular formula is C51H32N4O. The zero-order valence-corrected chi connectivity index (χ0v) is 30.2. The van der Waals surface area contributed by atoms with E-state index in [1.807, 2.05) is 66.7 Å². The summed E-state index contributed by atoms with van der Waals surface area (Å²) in [7, 11) is 0. The van der Waals surface area contributed by atoms with Gasteiger partial charge in [0.2, 0.25) is 0 Å². The lowest BCUT2D eigenvalue weighted by atomic mass is 9.93. The van der Waals surface area contributed by atoms with Gasteiger partial charge in [0.15, 0.2) is 17.5 Å². The van der Waals surface area contributed by atoms with Crippen molar-refractivity contribution in [3.05, 3.63) is 194 Å². The summed E-state index contributed by atoms with van der Waals surface area (Å²) in [6.45, 7) is 0. The van der Waals surface area contributed by atoms with Crippen molar-refractivity contribution in [1.29, 1.82) is 0 Å². The molecule has 262 valence electrons. The van der Waals surface area contributed by atoms with Crippen LogP contribution < -0.4 is 0 Å². The maximum Gasteiger partial charge on any atom is 0.164 e.